The highest BCUT2D eigenvalue weighted by atomic mass is 32.2. The molecule has 66 valence electrons. The van der Waals surface area contributed by atoms with Crippen molar-refractivity contribution in [3.05, 3.63) is 22.1 Å². The molecule has 0 aliphatic carbocycles. The van der Waals surface area contributed by atoms with Crippen molar-refractivity contribution in [3.63, 3.8) is 0 Å². The monoisotopic (exact) mass is 188 g/mol. The number of hydrogen-bond donors (Lipinski definition) is 2. The van der Waals surface area contributed by atoms with Crippen LogP contribution >= 0.6 is 11.8 Å². The van der Waals surface area contributed by atoms with Crippen molar-refractivity contribution >= 4 is 16.9 Å². The summed E-state index contributed by atoms with van der Waals surface area (Å²) in [6.45, 7) is 1.63. The number of aryl methyl sites for hydroxylation is 1. The molecule has 1 rings (SSSR count). The van der Waals surface area contributed by atoms with Gasteiger partial charge in [-0.3, -0.25) is 5.41 Å². The van der Waals surface area contributed by atoms with Crippen molar-refractivity contribution in [1.82, 2.24) is 0 Å². The van der Waals surface area contributed by atoms with Crippen molar-refractivity contribution in [1.29, 1.82) is 5.41 Å². The van der Waals surface area contributed by atoms with Crippen molar-refractivity contribution in [2.75, 3.05) is 0 Å². The van der Waals surface area contributed by atoms with Crippen molar-refractivity contribution in [3.8, 4) is 0 Å². The van der Waals surface area contributed by atoms with Crippen LogP contribution in [0.15, 0.2) is 13.6 Å². The van der Waals surface area contributed by atoms with Crippen LogP contribution in [0.1, 0.15) is 11.5 Å². The molecule has 1 aromatic heterocycles. The van der Waals surface area contributed by atoms with Crippen LogP contribution in [0.3, 0.4) is 0 Å². The molecule has 0 saturated heterocycles. The van der Waals surface area contributed by atoms with Crippen LogP contribution in [0.25, 0.3) is 0 Å². The van der Waals surface area contributed by atoms with Gasteiger partial charge < -0.3 is 14.6 Å². The van der Waals surface area contributed by atoms with Crippen molar-refractivity contribution < 1.29 is 8.83 Å². The predicted molar refractivity (Wildman–Crippen MR) is 45.2 cm³/mol. The van der Waals surface area contributed by atoms with Gasteiger partial charge in [0.2, 0.25) is 0 Å². The van der Waals surface area contributed by atoms with Gasteiger partial charge in [-0.05, 0) is 6.92 Å². The maximum Gasteiger partial charge on any atom is 0.519 e. The number of amidine groups is 1. The Labute approximate surface area is 72.4 Å². The Morgan fingerprint density at radius 2 is 2.33 bits per heavy atom. The molecule has 0 atom stereocenters. The minimum absolute atomic E-state index is 0.0155. The van der Waals surface area contributed by atoms with Crippen molar-refractivity contribution in [2.45, 2.75) is 12.7 Å². The number of hydrogen-bond acceptors (Lipinski definition) is 5. The summed E-state index contributed by atoms with van der Waals surface area (Å²) >= 11 is 1.08. The quantitative estimate of drug-likeness (QED) is 0.525. The fourth-order valence-electron chi connectivity index (χ4n) is 0.650. The van der Waals surface area contributed by atoms with Gasteiger partial charge in [-0.1, -0.05) is 11.8 Å². The highest BCUT2D eigenvalue weighted by Gasteiger charge is 2.08. The Balaban J connectivity index is 2.69. The van der Waals surface area contributed by atoms with E-state index in [4.69, 9.17) is 11.1 Å². The Kier molecular flexibility index (Phi) is 2.59. The highest BCUT2D eigenvalue weighted by molar-refractivity contribution is 8.13. The van der Waals surface area contributed by atoms with Gasteiger partial charge in [0.25, 0.3) is 0 Å². The Hall–Kier alpha value is -1.17. The van der Waals surface area contributed by atoms with Crippen LogP contribution < -0.4 is 11.6 Å². The van der Waals surface area contributed by atoms with Gasteiger partial charge in [-0.2, -0.15) is 0 Å². The second-order valence-corrected chi connectivity index (χ2v) is 3.10. The molecular formula is C6H8N2O3S. The molecule has 0 aliphatic heterocycles. The topological polar surface area (TPSA) is 93.2 Å². The van der Waals surface area contributed by atoms with Crippen LogP contribution in [0.5, 0.6) is 0 Å². The summed E-state index contributed by atoms with van der Waals surface area (Å²) in [5.74, 6) is 0.507. The van der Waals surface area contributed by atoms with Gasteiger partial charge in [0.05, 0.1) is 5.75 Å². The first kappa shape index (κ1) is 8.92. The van der Waals surface area contributed by atoms with E-state index in [0.717, 1.165) is 11.8 Å². The summed E-state index contributed by atoms with van der Waals surface area (Å²) in [5, 5.41) is 6.90. The van der Waals surface area contributed by atoms with Crippen LogP contribution in [0.2, 0.25) is 0 Å². The first-order valence-corrected chi connectivity index (χ1v) is 4.14. The minimum atomic E-state index is -0.716. The van der Waals surface area contributed by atoms with Gasteiger partial charge in [0.15, 0.2) is 10.9 Å². The lowest BCUT2D eigenvalue weighted by Crippen LogP contribution is -2.03. The first-order valence-electron chi connectivity index (χ1n) is 3.16. The zero-order valence-corrected chi connectivity index (χ0v) is 7.23. The van der Waals surface area contributed by atoms with Crippen LogP contribution in [0.4, 0.5) is 0 Å². The second kappa shape index (κ2) is 3.48. The molecule has 12 heavy (non-hydrogen) atoms. The largest absolute Gasteiger partial charge is 0.519 e. The Morgan fingerprint density at radius 3 is 2.75 bits per heavy atom. The maximum atomic E-state index is 10.5. The predicted octanol–water partition coefficient (Wildman–Crippen LogP) is 0.668. The van der Waals surface area contributed by atoms with E-state index >= 15 is 0 Å². The van der Waals surface area contributed by atoms with Gasteiger partial charge in [0.1, 0.15) is 5.76 Å². The zero-order chi connectivity index (χ0) is 9.14. The number of nitrogens with one attached hydrogen (secondary N) is 1. The molecule has 0 aromatic carbocycles. The van der Waals surface area contributed by atoms with Gasteiger partial charge in [-0.15, -0.1) is 0 Å². The molecular weight excluding hydrogens is 180 g/mol. The van der Waals surface area contributed by atoms with Gasteiger partial charge >= 0.3 is 5.82 Å². The fourth-order valence-corrected chi connectivity index (χ4v) is 1.20. The molecule has 5 nitrogen and oxygen atoms in total. The van der Waals surface area contributed by atoms with Crippen LogP contribution in [0, 0.1) is 12.3 Å². The summed E-state index contributed by atoms with van der Waals surface area (Å²) in [7, 11) is 0. The first-order chi connectivity index (χ1) is 5.59. The van der Waals surface area contributed by atoms with E-state index in [1.807, 2.05) is 0 Å². The third-order valence-corrected chi connectivity index (χ3v) is 1.91. The number of thioether (sulfide) groups is 1. The molecule has 1 heterocycles. The molecule has 1 aromatic rings. The average Bonchev–Trinajstić information content (AvgIpc) is 2.26. The smallest absolute Gasteiger partial charge is 0.396 e. The summed E-state index contributed by atoms with van der Waals surface area (Å²) < 4.78 is 9.27. The van der Waals surface area contributed by atoms with E-state index in [9.17, 15) is 4.79 Å². The van der Waals surface area contributed by atoms with E-state index in [-0.39, 0.29) is 5.17 Å². The molecule has 0 radical (unpaired) electrons. The molecule has 0 saturated carbocycles. The van der Waals surface area contributed by atoms with Crippen LogP contribution in [-0.4, -0.2) is 5.17 Å². The summed E-state index contributed by atoms with van der Waals surface area (Å²) in [6.07, 6.45) is 0. The van der Waals surface area contributed by atoms with Gasteiger partial charge in [0, 0.05) is 0 Å². The van der Waals surface area contributed by atoms with E-state index in [0.29, 0.717) is 17.3 Å². The highest BCUT2D eigenvalue weighted by Crippen LogP contribution is 2.13. The summed E-state index contributed by atoms with van der Waals surface area (Å²) in [5.41, 5.74) is 5.09. The van der Waals surface area contributed by atoms with E-state index in [1.54, 1.807) is 6.92 Å². The lowest BCUT2D eigenvalue weighted by Gasteiger charge is -1.93. The zero-order valence-electron chi connectivity index (χ0n) is 6.42. The fraction of sp³-hybridized carbons (Fsp3) is 0.333. The molecule has 0 bridgehead atoms. The van der Waals surface area contributed by atoms with Crippen LogP contribution in [-0.2, 0) is 5.75 Å². The molecule has 3 N–H and O–H groups in total. The molecule has 0 fully saturated rings. The lowest BCUT2D eigenvalue weighted by molar-refractivity contribution is 0.372. The Morgan fingerprint density at radius 1 is 1.67 bits per heavy atom. The van der Waals surface area contributed by atoms with Crippen molar-refractivity contribution in [2.24, 2.45) is 5.73 Å². The third kappa shape index (κ3) is 2.16. The van der Waals surface area contributed by atoms with E-state index in [1.165, 1.54) is 0 Å². The van der Waals surface area contributed by atoms with E-state index < -0.39 is 5.82 Å². The molecule has 0 aliphatic rings. The standard InChI is InChI=1S/C6H8N2O3S/c1-3-4(2-12-5(7)8)11-6(9)10-3/h2H2,1H3,(H3,7,8). The normalized spacial score (nSPS) is 10.1. The number of nitrogens with two attached hydrogens (primary N) is 1. The van der Waals surface area contributed by atoms with Gasteiger partial charge in [-0.25, -0.2) is 4.79 Å². The number of rotatable bonds is 2. The summed E-state index contributed by atoms with van der Waals surface area (Å²) in [4.78, 5) is 10.5. The minimum Gasteiger partial charge on any atom is -0.396 e. The molecule has 0 spiro atoms. The molecule has 6 heteroatoms. The second-order valence-electron chi connectivity index (χ2n) is 2.09. The lowest BCUT2D eigenvalue weighted by atomic mass is 10.4. The van der Waals surface area contributed by atoms with E-state index in [2.05, 4.69) is 8.83 Å². The average molecular weight is 188 g/mol. The molecule has 0 amide bonds. The maximum absolute atomic E-state index is 10.5. The third-order valence-electron chi connectivity index (χ3n) is 1.19. The SMILES string of the molecule is Cc1oc(=O)oc1CSC(=N)N. The summed E-state index contributed by atoms with van der Waals surface area (Å²) in [6, 6.07) is 0. The molecule has 0 unspecified atom stereocenters. The Bertz CT molecular complexity index is 341.